The van der Waals surface area contributed by atoms with E-state index in [-0.39, 0.29) is 5.75 Å². The van der Waals surface area contributed by atoms with E-state index in [1.165, 1.54) is 12.1 Å². The molecule has 0 radical (unpaired) electrons. The molecule has 78 valence electrons. The van der Waals surface area contributed by atoms with Gasteiger partial charge in [-0.15, -0.1) is 10.1 Å². The van der Waals surface area contributed by atoms with Gasteiger partial charge in [-0.1, -0.05) is 18.2 Å². The van der Waals surface area contributed by atoms with Gasteiger partial charge in [-0.25, -0.2) is 4.57 Å². The summed E-state index contributed by atoms with van der Waals surface area (Å²) in [6.45, 7) is 0. The highest BCUT2D eigenvalue weighted by Crippen LogP contribution is 2.46. The Labute approximate surface area is 84.5 Å². The number of para-hydroxylation sites is 1. The molecule has 0 amide bonds. The fourth-order valence-corrected chi connectivity index (χ4v) is 1.45. The van der Waals surface area contributed by atoms with Crippen LogP contribution in [0.3, 0.4) is 0 Å². The lowest BCUT2D eigenvalue weighted by Crippen LogP contribution is -2.02. The maximum absolute atomic E-state index is 11.3. The summed E-state index contributed by atoms with van der Waals surface area (Å²) in [5.41, 5.74) is 0. The van der Waals surface area contributed by atoms with Crippen molar-refractivity contribution in [2.24, 2.45) is 0 Å². The summed E-state index contributed by atoms with van der Waals surface area (Å²) in [5, 5.41) is 17.0. The molecule has 0 fully saturated rings. The molecule has 1 atom stereocenters. The molecule has 0 heterocycles. The standard InChI is InChI=1S/C7H5N2O5P/c8-6-15(12,14-9(10)11)13-7-4-2-1-3-5-7/h1-5H. The average molecular weight is 228 g/mol. The van der Waals surface area contributed by atoms with Gasteiger partial charge < -0.3 is 4.52 Å². The van der Waals surface area contributed by atoms with Gasteiger partial charge in [0.2, 0.25) is 0 Å². The summed E-state index contributed by atoms with van der Waals surface area (Å²) >= 11 is 0. The van der Waals surface area contributed by atoms with Crippen LogP contribution in [0.5, 0.6) is 5.75 Å². The number of rotatable bonds is 4. The third-order valence-corrected chi connectivity index (χ3v) is 2.31. The Morgan fingerprint density at radius 2 is 2.00 bits per heavy atom. The molecule has 0 aromatic heterocycles. The molecular formula is C7H5N2O5P. The first-order valence-electron chi connectivity index (χ1n) is 3.66. The third-order valence-electron chi connectivity index (χ3n) is 1.27. The normalized spacial score (nSPS) is 13.3. The molecule has 8 heteroatoms. The van der Waals surface area contributed by atoms with Gasteiger partial charge in [0.15, 0.2) is 5.81 Å². The Kier molecular flexibility index (Phi) is 3.26. The minimum absolute atomic E-state index is 0.0595. The maximum Gasteiger partial charge on any atom is 0.514 e. The van der Waals surface area contributed by atoms with E-state index in [1.807, 2.05) is 0 Å². The van der Waals surface area contributed by atoms with E-state index in [0.717, 1.165) is 5.81 Å². The van der Waals surface area contributed by atoms with E-state index in [9.17, 15) is 14.7 Å². The average Bonchev–Trinajstić information content (AvgIpc) is 2.18. The second-order valence-electron chi connectivity index (χ2n) is 2.31. The molecule has 1 aromatic rings. The lowest BCUT2D eigenvalue weighted by molar-refractivity contribution is -0.714. The van der Waals surface area contributed by atoms with Crippen LogP contribution >= 0.6 is 7.60 Å². The second kappa shape index (κ2) is 4.44. The highest BCUT2D eigenvalue weighted by molar-refractivity contribution is 7.59. The summed E-state index contributed by atoms with van der Waals surface area (Å²) in [6, 6.07) is 7.57. The first-order chi connectivity index (χ1) is 7.06. The Bertz CT molecular complexity index is 440. The summed E-state index contributed by atoms with van der Waals surface area (Å²) in [5.74, 6) is 1.19. The zero-order chi connectivity index (χ0) is 11.3. The van der Waals surface area contributed by atoms with E-state index in [2.05, 4.69) is 9.15 Å². The zero-order valence-corrected chi connectivity index (χ0v) is 8.16. The largest absolute Gasteiger partial charge is 0.514 e. The number of nitrogens with zero attached hydrogens (tertiary/aromatic N) is 2. The molecule has 1 aromatic carbocycles. The molecule has 7 nitrogen and oxygen atoms in total. The van der Waals surface area contributed by atoms with Crippen molar-refractivity contribution >= 4 is 7.60 Å². The molecule has 0 bridgehead atoms. The van der Waals surface area contributed by atoms with Crippen LogP contribution < -0.4 is 4.52 Å². The van der Waals surface area contributed by atoms with Crippen molar-refractivity contribution in [3.05, 3.63) is 40.4 Å². The molecule has 0 aliphatic heterocycles. The van der Waals surface area contributed by atoms with Crippen LogP contribution in [0.15, 0.2) is 30.3 Å². The lowest BCUT2D eigenvalue weighted by Gasteiger charge is -2.08. The van der Waals surface area contributed by atoms with Crippen LogP contribution in [0.1, 0.15) is 0 Å². The van der Waals surface area contributed by atoms with Crippen molar-refractivity contribution in [2.75, 3.05) is 0 Å². The fourth-order valence-electron chi connectivity index (χ4n) is 0.763. The smallest absolute Gasteiger partial charge is 0.416 e. The zero-order valence-electron chi connectivity index (χ0n) is 7.27. The number of hydrogen-bond acceptors (Lipinski definition) is 6. The van der Waals surface area contributed by atoms with Gasteiger partial charge in [0.05, 0.1) is 0 Å². The minimum atomic E-state index is -4.37. The Morgan fingerprint density at radius 1 is 1.40 bits per heavy atom. The molecule has 0 saturated heterocycles. The Morgan fingerprint density at radius 3 is 2.47 bits per heavy atom. The highest BCUT2D eigenvalue weighted by atomic mass is 31.2. The molecule has 1 unspecified atom stereocenters. The Hall–Kier alpha value is -2.06. The topological polar surface area (TPSA) is 102 Å². The van der Waals surface area contributed by atoms with E-state index < -0.39 is 12.7 Å². The van der Waals surface area contributed by atoms with Crippen LogP contribution in [0, 0.1) is 21.2 Å². The summed E-state index contributed by atoms with van der Waals surface area (Å²) in [7, 11) is -4.37. The predicted octanol–water partition coefficient (Wildman–Crippen LogP) is 1.95. The molecule has 0 saturated carbocycles. The SMILES string of the molecule is N#CP(=O)(Oc1ccccc1)O[N+](=O)[O-]. The summed E-state index contributed by atoms with van der Waals surface area (Å²) in [6.07, 6.45) is 0. The van der Waals surface area contributed by atoms with Gasteiger partial charge in [-0.2, -0.15) is 9.89 Å². The minimum Gasteiger partial charge on any atom is -0.416 e. The summed E-state index contributed by atoms with van der Waals surface area (Å²) < 4.78 is 19.6. The molecule has 0 aliphatic carbocycles. The van der Waals surface area contributed by atoms with E-state index in [1.54, 1.807) is 18.2 Å². The van der Waals surface area contributed by atoms with Gasteiger partial charge >= 0.3 is 12.7 Å². The van der Waals surface area contributed by atoms with Crippen LogP contribution in [0.4, 0.5) is 0 Å². The van der Waals surface area contributed by atoms with Crippen molar-refractivity contribution in [2.45, 2.75) is 0 Å². The molecule has 1 rings (SSSR count). The predicted molar refractivity (Wildman–Crippen MR) is 48.4 cm³/mol. The first kappa shape index (κ1) is 11.0. The van der Waals surface area contributed by atoms with Crippen molar-refractivity contribution in [1.82, 2.24) is 0 Å². The monoisotopic (exact) mass is 228 g/mol. The maximum atomic E-state index is 11.3. The molecule has 15 heavy (non-hydrogen) atoms. The lowest BCUT2D eigenvalue weighted by atomic mass is 10.3. The fraction of sp³-hybridized carbons (Fsp3) is 0. The summed E-state index contributed by atoms with van der Waals surface area (Å²) in [4.78, 5) is 9.94. The van der Waals surface area contributed by atoms with Crippen molar-refractivity contribution in [3.8, 4) is 11.6 Å². The highest BCUT2D eigenvalue weighted by Gasteiger charge is 2.29. The number of nitriles is 1. The van der Waals surface area contributed by atoms with E-state index >= 15 is 0 Å². The van der Waals surface area contributed by atoms with Crippen molar-refractivity contribution in [3.63, 3.8) is 0 Å². The van der Waals surface area contributed by atoms with Crippen LogP contribution in [0.25, 0.3) is 0 Å². The van der Waals surface area contributed by atoms with Gasteiger partial charge in [-0.05, 0) is 12.1 Å². The van der Waals surface area contributed by atoms with Gasteiger partial charge in [0.1, 0.15) is 5.75 Å². The number of benzene rings is 1. The van der Waals surface area contributed by atoms with E-state index in [4.69, 9.17) is 5.26 Å². The quantitative estimate of drug-likeness (QED) is 0.443. The molecule has 0 aliphatic rings. The number of hydrogen-bond donors (Lipinski definition) is 0. The molecule has 0 spiro atoms. The third kappa shape index (κ3) is 3.29. The van der Waals surface area contributed by atoms with Gasteiger partial charge in [0, 0.05) is 0 Å². The Balaban J connectivity index is 2.83. The van der Waals surface area contributed by atoms with Crippen molar-refractivity contribution < 1.29 is 18.8 Å². The van der Waals surface area contributed by atoms with Crippen LogP contribution in [-0.2, 0) is 9.19 Å². The van der Waals surface area contributed by atoms with Crippen LogP contribution in [0.2, 0.25) is 0 Å². The molecular weight excluding hydrogens is 223 g/mol. The van der Waals surface area contributed by atoms with Gasteiger partial charge in [0.25, 0.3) is 0 Å². The van der Waals surface area contributed by atoms with E-state index in [0.29, 0.717) is 0 Å². The van der Waals surface area contributed by atoms with Crippen molar-refractivity contribution in [1.29, 1.82) is 5.26 Å². The second-order valence-corrected chi connectivity index (χ2v) is 3.85. The molecule has 0 N–H and O–H groups in total. The van der Waals surface area contributed by atoms with Crippen LogP contribution in [-0.4, -0.2) is 5.09 Å². The van der Waals surface area contributed by atoms with Gasteiger partial charge in [-0.3, -0.25) is 0 Å². The first-order valence-corrected chi connectivity index (χ1v) is 5.20.